The number of esters is 1. The third-order valence-corrected chi connectivity index (χ3v) is 6.90. The van der Waals surface area contributed by atoms with Gasteiger partial charge in [0.15, 0.2) is 0 Å². The normalized spacial score (nSPS) is 11.2. The van der Waals surface area contributed by atoms with E-state index < -0.39 is 16.1 Å². The van der Waals surface area contributed by atoms with Crippen LogP contribution in [0.2, 0.25) is 0 Å². The zero-order valence-electron chi connectivity index (χ0n) is 20.9. The van der Waals surface area contributed by atoms with Crippen LogP contribution in [0.25, 0.3) is 11.3 Å². The predicted octanol–water partition coefficient (Wildman–Crippen LogP) is 3.84. The zero-order chi connectivity index (χ0) is 27.1. The first-order valence-corrected chi connectivity index (χ1v) is 13.1. The maximum atomic E-state index is 12.4. The van der Waals surface area contributed by atoms with Crippen LogP contribution in [0.1, 0.15) is 21.5 Å². The molecule has 3 aromatic carbocycles. The van der Waals surface area contributed by atoms with Crippen molar-refractivity contribution >= 4 is 16.1 Å². The number of hydrogen-bond donors (Lipinski definition) is 0. The summed E-state index contributed by atoms with van der Waals surface area (Å²) in [6, 6.07) is 23.3. The van der Waals surface area contributed by atoms with Crippen molar-refractivity contribution in [2.24, 2.45) is 0 Å². The van der Waals surface area contributed by atoms with E-state index in [9.17, 15) is 18.0 Å². The van der Waals surface area contributed by atoms with Gasteiger partial charge in [-0.15, -0.1) is 0 Å². The average molecular weight is 535 g/mol. The molecule has 9 nitrogen and oxygen atoms in total. The molecule has 0 radical (unpaired) electrons. The summed E-state index contributed by atoms with van der Waals surface area (Å²) in [7, 11) is -2.57. The summed E-state index contributed by atoms with van der Waals surface area (Å²) in [5.74, 6) is 0.0278. The molecule has 0 atom stereocenters. The number of methoxy groups -OCH3 is 1. The third-order valence-electron chi connectivity index (χ3n) is 5.58. The van der Waals surface area contributed by atoms with E-state index in [1.54, 1.807) is 60.7 Å². The number of rotatable bonds is 10. The monoisotopic (exact) mass is 534 g/mol. The minimum Gasteiger partial charge on any atom is -0.491 e. The van der Waals surface area contributed by atoms with E-state index in [1.807, 2.05) is 13.0 Å². The summed E-state index contributed by atoms with van der Waals surface area (Å²) >= 11 is 0. The van der Waals surface area contributed by atoms with Crippen molar-refractivity contribution in [2.75, 3.05) is 20.3 Å². The molecular formula is C28H26N2O7S. The molecule has 0 aliphatic heterocycles. The van der Waals surface area contributed by atoms with E-state index in [0.717, 1.165) is 11.1 Å². The van der Waals surface area contributed by atoms with Gasteiger partial charge in [-0.2, -0.15) is 13.5 Å². The number of benzene rings is 3. The molecule has 0 spiro atoms. The largest absolute Gasteiger partial charge is 0.491 e. The fraction of sp³-hybridized carbons (Fsp3) is 0.179. The Balaban J connectivity index is 1.42. The molecule has 1 heterocycles. The van der Waals surface area contributed by atoms with Gasteiger partial charge in [-0.1, -0.05) is 42.0 Å². The highest BCUT2D eigenvalue weighted by atomic mass is 32.2. The molecular weight excluding hydrogens is 508 g/mol. The van der Waals surface area contributed by atoms with Gasteiger partial charge >= 0.3 is 5.97 Å². The van der Waals surface area contributed by atoms with Crippen LogP contribution in [0.15, 0.2) is 94.6 Å². The third kappa shape index (κ3) is 6.72. The van der Waals surface area contributed by atoms with Crippen molar-refractivity contribution in [3.63, 3.8) is 0 Å². The topological polar surface area (TPSA) is 114 Å². The molecule has 1 aromatic heterocycles. The van der Waals surface area contributed by atoms with E-state index >= 15 is 0 Å². The molecule has 0 fully saturated rings. The summed E-state index contributed by atoms with van der Waals surface area (Å²) in [6.07, 6.45) is 0. The minimum absolute atomic E-state index is 0.0119. The highest BCUT2D eigenvalue weighted by Gasteiger charge is 2.15. The van der Waals surface area contributed by atoms with Gasteiger partial charge < -0.3 is 9.47 Å². The Bertz CT molecular complexity index is 1600. The summed E-state index contributed by atoms with van der Waals surface area (Å²) < 4.78 is 41.5. The average Bonchev–Trinajstić information content (AvgIpc) is 2.92. The summed E-state index contributed by atoms with van der Waals surface area (Å²) in [5.41, 5.74) is 3.00. The molecule has 0 aliphatic carbocycles. The fourth-order valence-electron chi connectivity index (χ4n) is 3.63. The van der Waals surface area contributed by atoms with Gasteiger partial charge in [0, 0.05) is 11.6 Å². The second-order valence-electron chi connectivity index (χ2n) is 8.37. The molecule has 0 saturated carbocycles. The van der Waals surface area contributed by atoms with Crippen LogP contribution in [0, 0.1) is 6.92 Å². The van der Waals surface area contributed by atoms with Gasteiger partial charge in [-0.25, -0.2) is 9.48 Å². The lowest BCUT2D eigenvalue weighted by Crippen LogP contribution is -2.23. The van der Waals surface area contributed by atoms with Crippen LogP contribution < -0.4 is 10.3 Å². The van der Waals surface area contributed by atoms with E-state index in [1.165, 1.54) is 30.0 Å². The lowest BCUT2D eigenvalue weighted by atomic mass is 10.1. The van der Waals surface area contributed by atoms with E-state index in [4.69, 9.17) is 13.7 Å². The molecule has 0 aliphatic rings. The SMILES string of the molecule is COC(=O)c1cccc(Cn2nc(-c3cccc(OCCOS(=O)(=O)c4ccc(C)cc4)c3)ccc2=O)c1. The number of ether oxygens (including phenoxy) is 2. The molecule has 0 unspecified atom stereocenters. The minimum atomic E-state index is -3.87. The van der Waals surface area contributed by atoms with Crippen LogP contribution in [0.3, 0.4) is 0 Å². The maximum Gasteiger partial charge on any atom is 0.337 e. The molecule has 196 valence electrons. The lowest BCUT2D eigenvalue weighted by Gasteiger charge is -2.11. The molecule has 0 bridgehead atoms. The number of nitrogens with zero attached hydrogens (tertiary/aromatic N) is 2. The summed E-state index contributed by atoms with van der Waals surface area (Å²) in [6.45, 7) is 1.89. The number of hydrogen-bond acceptors (Lipinski definition) is 8. The predicted molar refractivity (Wildman–Crippen MR) is 141 cm³/mol. The second-order valence-corrected chi connectivity index (χ2v) is 9.99. The van der Waals surface area contributed by atoms with Gasteiger partial charge in [0.25, 0.3) is 15.7 Å². The number of aromatic nitrogens is 2. The highest BCUT2D eigenvalue weighted by Crippen LogP contribution is 2.22. The second kappa shape index (κ2) is 11.8. The van der Waals surface area contributed by atoms with Gasteiger partial charge in [0.05, 0.1) is 29.8 Å². The Kier molecular flexibility index (Phi) is 8.35. The molecule has 4 aromatic rings. The van der Waals surface area contributed by atoms with Crippen LogP contribution in [0.5, 0.6) is 5.75 Å². The summed E-state index contributed by atoms with van der Waals surface area (Å²) in [4.78, 5) is 24.4. The smallest absolute Gasteiger partial charge is 0.337 e. The quantitative estimate of drug-likeness (QED) is 0.171. The molecule has 10 heteroatoms. The zero-order valence-corrected chi connectivity index (χ0v) is 21.7. The molecule has 4 rings (SSSR count). The van der Waals surface area contributed by atoms with Gasteiger partial charge in [0.2, 0.25) is 0 Å². The lowest BCUT2D eigenvalue weighted by molar-refractivity contribution is 0.0600. The van der Waals surface area contributed by atoms with Crippen molar-refractivity contribution in [2.45, 2.75) is 18.4 Å². The summed E-state index contributed by atoms with van der Waals surface area (Å²) in [5, 5.41) is 4.47. The van der Waals surface area contributed by atoms with Gasteiger partial charge in [-0.3, -0.25) is 8.98 Å². The van der Waals surface area contributed by atoms with Crippen molar-refractivity contribution in [3.8, 4) is 17.0 Å². The molecule has 0 saturated heterocycles. The van der Waals surface area contributed by atoms with Crippen LogP contribution >= 0.6 is 0 Å². The Morgan fingerprint density at radius 1 is 0.921 bits per heavy atom. The van der Waals surface area contributed by atoms with Gasteiger partial charge in [-0.05, 0) is 55.0 Å². The van der Waals surface area contributed by atoms with Crippen LogP contribution in [0.4, 0.5) is 0 Å². The van der Waals surface area contributed by atoms with Gasteiger partial charge in [0.1, 0.15) is 19.0 Å². The van der Waals surface area contributed by atoms with E-state index in [2.05, 4.69) is 5.10 Å². The maximum absolute atomic E-state index is 12.4. The van der Waals surface area contributed by atoms with Crippen molar-refractivity contribution in [1.29, 1.82) is 0 Å². The number of carbonyl (C=O) groups excluding carboxylic acids is 1. The first kappa shape index (κ1) is 26.8. The fourth-order valence-corrected chi connectivity index (χ4v) is 4.52. The van der Waals surface area contributed by atoms with E-state index in [0.29, 0.717) is 22.6 Å². The van der Waals surface area contributed by atoms with Crippen molar-refractivity contribution < 1.29 is 26.9 Å². The van der Waals surface area contributed by atoms with Crippen molar-refractivity contribution in [1.82, 2.24) is 9.78 Å². The Morgan fingerprint density at radius 3 is 2.45 bits per heavy atom. The molecule has 0 N–H and O–H groups in total. The molecule has 0 amide bonds. The number of carbonyl (C=O) groups is 1. The van der Waals surface area contributed by atoms with Crippen LogP contribution in [-0.2, 0) is 25.6 Å². The Morgan fingerprint density at radius 2 is 1.68 bits per heavy atom. The van der Waals surface area contributed by atoms with E-state index in [-0.39, 0.29) is 30.2 Å². The van der Waals surface area contributed by atoms with Crippen LogP contribution in [-0.4, -0.2) is 44.5 Å². The highest BCUT2D eigenvalue weighted by molar-refractivity contribution is 7.86. The Hall–Kier alpha value is -4.28. The first-order chi connectivity index (χ1) is 18.2. The Labute approximate surface area is 220 Å². The standard InChI is InChI=1S/C28H26N2O7S/c1-20-9-11-25(12-10-20)38(33,34)37-16-15-36-24-8-4-6-22(18-24)26-13-14-27(31)30(29-26)19-21-5-3-7-23(17-21)28(32)35-2/h3-14,17-18H,15-16,19H2,1-2H3. The molecule has 38 heavy (non-hydrogen) atoms. The van der Waals surface area contributed by atoms with Crippen molar-refractivity contribution in [3.05, 3.63) is 112 Å². The first-order valence-electron chi connectivity index (χ1n) is 11.7. The number of aryl methyl sites for hydroxylation is 1.